The lowest BCUT2D eigenvalue weighted by molar-refractivity contribution is 0.0947. The predicted molar refractivity (Wildman–Crippen MR) is 44.8 cm³/mol. The number of rotatable bonds is 2. The van der Waals surface area contributed by atoms with Crippen LogP contribution in [0.2, 0.25) is 0 Å². The Kier molecular flexibility index (Phi) is 1.69. The zero-order valence-electron chi connectivity index (χ0n) is 6.28. The molecule has 12 heavy (non-hydrogen) atoms. The predicted octanol–water partition coefficient (Wildman–Crippen LogP) is 0.0125. The van der Waals surface area contributed by atoms with Gasteiger partial charge in [-0.05, 0) is 12.8 Å². The van der Waals surface area contributed by atoms with E-state index in [9.17, 15) is 4.79 Å². The van der Waals surface area contributed by atoms with Crippen molar-refractivity contribution in [2.24, 2.45) is 0 Å². The Morgan fingerprint density at radius 2 is 2.42 bits per heavy atom. The Balaban J connectivity index is 2.07. The van der Waals surface area contributed by atoms with Crippen LogP contribution in [0.4, 0.5) is 5.00 Å². The molecule has 0 aromatic carbocycles. The first-order valence-corrected chi connectivity index (χ1v) is 4.43. The van der Waals surface area contributed by atoms with E-state index in [0.717, 1.165) is 24.4 Å². The first kappa shape index (κ1) is 7.48. The minimum absolute atomic E-state index is 0.205. The monoisotopic (exact) mass is 184 g/mol. The SMILES string of the molecule is Nc1snnc1C(=O)NC1CC1. The van der Waals surface area contributed by atoms with E-state index in [1.165, 1.54) is 0 Å². The molecule has 64 valence electrons. The van der Waals surface area contributed by atoms with E-state index in [-0.39, 0.29) is 11.6 Å². The topological polar surface area (TPSA) is 80.9 Å². The number of anilines is 1. The molecular weight excluding hydrogens is 176 g/mol. The number of aromatic nitrogens is 2. The van der Waals surface area contributed by atoms with E-state index in [1.807, 2.05) is 0 Å². The standard InChI is InChI=1S/C6H8N4OS/c7-5-4(9-10-12-5)6(11)8-3-1-2-3/h3H,1-2,7H2,(H,8,11). The zero-order chi connectivity index (χ0) is 8.55. The highest BCUT2D eigenvalue weighted by Gasteiger charge is 2.25. The molecule has 0 unspecified atom stereocenters. The second kappa shape index (κ2) is 2.71. The number of nitrogens with one attached hydrogen (secondary N) is 1. The highest BCUT2D eigenvalue weighted by atomic mass is 32.1. The maximum absolute atomic E-state index is 11.3. The first-order chi connectivity index (χ1) is 5.77. The number of nitrogens with zero attached hydrogens (tertiary/aromatic N) is 2. The van der Waals surface area contributed by atoms with Gasteiger partial charge in [-0.25, -0.2) is 0 Å². The van der Waals surface area contributed by atoms with Gasteiger partial charge in [-0.1, -0.05) is 4.49 Å². The Morgan fingerprint density at radius 3 is 2.92 bits per heavy atom. The van der Waals surface area contributed by atoms with E-state index < -0.39 is 0 Å². The van der Waals surface area contributed by atoms with Crippen molar-refractivity contribution >= 4 is 22.4 Å². The molecule has 2 rings (SSSR count). The van der Waals surface area contributed by atoms with Crippen molar-refractivity contribution in [3.8, 4) is 0 Å². The van der Waals surface area contributed by atoms with Gasteiger partial charge in [0.2, 0.25) is 0 Å². The molecule has 0 saturated heterocycles. The summed E-state index contributed by atoms with van der Waals surface area (Å²) in [6.45, 7) is 0. The third kappa shape index (κ3) is 1.38. The first-order valence-electron chi connectivity index (χ1n) is 3.66. The maximum atomic E-state index is 11.3. The molecular formula is C6H8N4OS. The van der Waals surface area contributed by atoms with Crippen LogP contribution >= 0.6 is 11.5 Å². The van der Waals surface area contributed by atoms with Gasteiger partial charge >= 0.3 is 0 Å². The van der Waals surface area contributed by atoms with E-state index in [4.69, 9.17) is 5.73 Å². The number of carbonyl (C=O) groups is 1. The summed E-state index contributed by atoms with van der Waals surface area (Å²) in [6.07, 6.45) is 2.12. The largest absolute Gasteiger partial charge is 0.387 e. The third-order valence-corrected chi connectivity index (χ3v) is 2.19. The van der Waals surface area contributed by atoms with Gasteiger partial charge in [-0.15, -0.1) is 5.10 Å². The summed E-state index contributed by atoms with van der Waals surface area (Å²) in [5.41, 5.74) is 5.73. The van der Waals surface area contributed by atoms with Crippen LogP contribution in [0.25, 0.3) is 0 Å². The van der Waals surface area contributed by atoms with E-state index in [1.54, 1.807) is 0 Å². The Hall–Kier alpha value is -1.17. The van der Waals surface area contributed by atoms with Crippen LogP contribution in [0, 0.1) is 0 Å². The van der Waals surface area contributed by atoms with Crippen molar-refractivity contribution in [1.29, 1.82) is 0 Å². The molecule has 5 nitrogen and oxygen atoms in total. The lowest BCUT2D eigenvalue weighted by atomic mass is 10.4. The summed E-state index contributed by atoms with van der Waals surface area (Å²) < 4.78 is 3.58. The molecule has 1 saturated carbocycles. The molecule has 1 fully saturated rings. The third-order valence-electron chi connectivity index (χ3n) is 1.64. The number of amides is 1. The fraction of sp³-hybridized carbons (Fsp3) is 0.500. The van der Waals surface area contributed by atoms with E-state index in [0.29, 0.717) is 11.0 Å². The Bertz CT molecular complexity index is 306. The zero-order valence-corrected chi connectivity index (χ0v) is 7.10. The van der Waals surface area contributed by atoms with Gasteiger partial charge in [0.1, 0.15) is 5.00 Å². The molecule has 0 aliphatic heterocycles. The summed E-state index contributed by atoms with van der Waals surface area (Å²) in [4.78, 5) is 11.3. The molecule has 1 heterocycles. The molecule has 0 bridgehead atoms. The van der Waals surface area contributed by atoms with Crippen molar-refractivity contribution < 1.29 is 4.79 Å². The van der Waals surface area contributed by atoms with Crippen LogP contribution in [-0.4, -0.2) is 21.5 Å². The van der Waals surface area contributed by atoms with Gasteiger partial charge in [0, 0.05) is 17.6 Å². The quantitative estimate of drug-likeness (QED) is 0.678. The average Bonchev–Trinajstić information content (AvgIpc) is 2.72. The maximum Gasteiger partial charge on any atom is 0.275 e. The van der Waals surface area contributed by atoms with Gasteiger partial charge in [-0.3, -0.25) is 4.79 Å². The van der Waals surface area contributed by atoms with Gasteiger partial charge in [-0.2, -0.15) is 0 Å². The van der Waals surface area contributed by atoms with Crippen LogP contribution in [0.3, 0.4) is 0 Å². The highest BCUT2D eigenvalue weighted by molar-refractivity contribution is 7.10. The Labute approximate surface area is 73.1 Å². The van der Waals surface area contributed by atoms with Crippen molar-refractivity contribution in [3.63, 3.8) is 0 Å². The molecule has 1 aliphatic rings. The fourth-order valence-electron chi connectivity index (χ4n) is 0.836. The molecule has 1 aromatic rings. The molecule has 3 N–H and O–H groups in total. The lowest BCUT2D eigenvalue weighted by Crippen LogP contribution is -2.26. The van der Waals surface area contributed by atoms with Crippen molar-refractivity contribution in [3.05, 3.63) is 5.69 Å². The van der Waals surface area contributed by atoms with Gasteiger partial charge in [0.15, 0.2) is 5.69 Å². The lowest BCUT2D eigenvalue weighted by Gasteiger charge is -1.98. The molecule has 1 amide bonds. The summed E-state index contributed by atoms with van der Waals surface area (Å²) >= 11 is 1.04. The fourth-order valence-corrected chi connectivity index (χ4v) is 1.27. The molecule has 0 spiro atoms. The summed E-state index contributed by atoms with van der Waals surface area (Å²) in [5.74, 6) is -0.205. The van der Waals surface area contributed by atoms with Crippen LogP contribution < -0.4 is 11.1 Å². The molecule has 1 aliphatic carbocycles. The number of nitrogens with two attached hydrogens (primary N) is 1. The normalized spacial score (nSPS) is 16.0. The van der Waals surface area contributed by atoms with Crippen LogP contribution in [0.5, 0.6) is 0 Å². The van der Waals surface area contributed by atoms with Gasteiger partial charge in [0.25, 0.3) is 5.91 Å². The second-order valence-corrected chi connectivity index (χ2v) is 3.52. The van der Waals surface area contributed by atoms with Crippen molar-refractivity contribution in [2.45, 2.75) is 18.9 Å². The van der Waals surface area contributed by atoms with E-state index in [2.05, 4.69) is 14.9 Å². The minimum atomic E-state index is -0.205. The molecule has 6 heteroatoms. The summed E-state index contributed by atoms with van der Waals surface area (Å²) in [6, 6.07) is 0.332. The van der Waals surface area contributed by atoms with Gasteiger partial charge < -0.3 is 11.1 Å². The van der Waals surface area contributed by atoms with Crippen molar-refractivity contribution in [2.75, 3.05) is 5.73 Å². The number of carbonyl (C=O) groups excluding carboxylic acids is 1. The summed E-state index contributed by atoms with van der Waals surface area (Å²) in [7, 11) is 0. The Morgan fingerprint density at radius 1 is 1.67 bits per heavy atom. The van der Waals surface area contributed by atoms with Crippen LogP contribution in [-0.2, 0) is 0 Å². The number of hydrogen-bond acceptors (Lipinski definition) is 5. The van der Waals surface area contributed by atoms with E-state index >= 15 is 0 Å². The smallest absolute Gasteiger partial charge is 0.275 e. The molecule has 1 aromatic heterocycles. The molecule has 0 atom stereocenters. The minimum Gasteiger partial charge on any atom is -0.387 e. The van der Waals surface area contributed by atoms with Crippen LogP contribution in [0.1, 0.15) is 23.3 Å². The highest BCUT2D eigenvalue weighted by Crippen LogP contribution is 2.20. The van der Waals surface area contributed by atoms with Gasteiger partial charge in [0.05, 0.1) is 0 Å². The summed E-state index contributed by atoms with van der Waals surface area (Å²) in [5, 5.41) is 6.79. The average molecular weight is 184 g/mol. The number of hydrogen-bond donors (Lipinski definition) is 2. The second-order valence-electron chi connectivity index (χ2n) is 2.73. The number of nitrogen functional groups attached to an aromatic ring is 1. The molecule has 0 radical (unpaired) electrons. The van der Waals surface area contributed by atoms with Crippen LogP contribution in [0.15, 0.2) is 0 Å². The van der Waals surface area contributed by atoms with Crippen molar-refractivity contribution in [1.82, 2.24) is 14.9 Å².